The molecule has 0 saturated heterocycles. The van der Waals surface area contributed by atoms with Crippen LogP contribution in [0.15, 0.2) is 0 Å². The van der Waals surface area contributed by atoms with Gasteiger partial charge in [-0.25, -0.2) is 0 Å². The second-order valence-corrected chi connectivity index (χ2v) is 1.67. The average molecular weight is 76.2 g/mol. The summed E-state index contributed by atoms with van der Waals surface area (Å²) in [5.74, 6) is 4.84. The lowest BCUT2D eigenvalue weighted by Crippen LogP contribution is -2.23. The molecular weight excluding hydrogens is 68.1 g/mol. The van der Waals surface area contributed by atoms with E-state index in [1.54, 1.807) is 0 Å². The first-order chi connectivity index (χ1) is 1.91. The lowest BCUT2D eigenvalue weighted by atomic mass is 11.9. The zero-order valence-corrected chi connectivity index (χ0v) is 4.20. The first-order valence-corrected chi connectivity index (χ1v) is 3.47. The van der Waals surface area contributed by atoms with E-state index in [2.05, 4.69) is 11.6 Å². The summed E-state index contributed by atoms with van der Waals surface area (Å²) < 4.78 is 0. The monoisotopic (exact) mass is 76.0 g/mol. The molecule has 0 radical (unpaired) electrons. The minimum Gasteiger partial charge on any atom is -0.289 e. The standard InChI is InChI=1S/CH8N2Si/c1-4-3-2/h3H,2,4H2,1H3. The molecule has 0 heterocycles. The maximum absolute atomic E-state index is 4.84. The van der Waals surface area contributed by atoms with Crippen LogP contribution in [-0.2, 0) is 0 Å². The average Bonchev–Trinajstić information content (AvgIpc) is 1.37. The summed E-state index contributed by atoms with van der Waals surface area (Å²) in [7, 11) is -0.0478. The number of hydrogen-bond donors (Lipinski definition) is 2. The van der Waals surface area contributed by atoms with Crippen molar-refractivity contribution in [3.05, 3.63) is 0 Å². The number of nitrogens with two attached hydrogens (primary N) is 1. The van der Waals surface area contributed by atoms with Crippen molar-refractivity contribution in [1.82, 2.24) is 5.09 Å². The number of rotatable bonds is 1. The summed E-state index contributed by atoms with van der Waals surface area (Å²) in [6.45, 7) is 2.08. The molecule has 0 fully saturated rings. The van der Waals surface area contributed by atoms with Crippen LogP contribution in [0, 0.1) is 0 Å². The normalized spacial score (nSPS) is 10.5. The van der Waals surface area contributed by atoms with Gasteiger partial charge in [0.1, 0.15) is 9.68 Å². The Morgan fingerprint density at radius 3 is 2.25 bits per heavy atom. The van der Waals surface area contributed by atoms with Gasteiger partial charge in [-0.3, -0.25) is 10.9 Å². The fourth-order valence-electron chi connectivity index (χ4n) is 0. The van der Waals surface area contributed by atoms with Crippen LogP contribution in [-0.4, -0.2) is 9.68 Å². The summed E-state index contributed by atoms with van der Waals surface area (Å²) in [4.78, 5) is 0. The molecule has 3 heteroatoms. The largest absolute Gasteiger partial charge is 0.289 e. The van der Waals surface area contributed by atoms with Gasteiger partial charge in [-0.05, 0) is 0 Å². The van der Waals surface area contributed by atoms with Crippen molar-refractivity contribution in [2.45, 2.75) is 6.55 Å². The Morgan fingerprint density at radius 1 is 2.00 bits per heavy atom. The third-order valence-electron chi connectivity index (χ3n) is 0.204. The van der Waals surface area contributed by atoms with Gasteiger partial charge in [0.25, 0.3) is 0 Å². The molecule has 0 atom stereocenters. The van der Waals surface area contributed by atoms with Crippen molar-refractivity contribution in [2.75, 3.05) is 0 Å². The molecule has 2 nitrogen and oxygen atoms in total. The minimum atomic E-state index is -0.0478. The van der Waals surface area contributed by atoms with Gasteiger partial charge in [-0.2, -0.15) is 0 Å². The summed E-state index contributed by atoms with van der Waals surface area (Å²) in [5.41, 5.74) is 0. The molecule has 26 valence electrons. The van der Waals surface area contributed by atoms with Gasteiger partial charge in [0.2, 0.25) is 0 Å². The Morgan fingerprint density at radius 2 is 2.25 bits per heavy atom. The predicted molar refractivity (Wildman–Crippen MR) is 21.7 cm³/mol. The minimum absolute atomic E-state index is 0.0478. The number of nitrogens with one attached hydrogen (secondary N) is 1. The lowest BCUT2D eigenvalue weighted by molar-refractivity contribution is 1.08. The van der Waals surface area contributed by atoms with E-state index in [-0.39, 0.29) is 9.68 Å². The molecule has 0 amide bonds. The summed E-state index contributed by atoms with van der Waals surface area (Å²) in [6, 6.07) is 0. The highest BCUT2D eigenvalue weighted by molar-refractivity contribution is 6.29. The SMILES string of the molecule is C[SiH2]NN. The second-order valence-electron chi connectivity index (χ2n) is 0.558. The van der Waals surface area contributed by atoms with E-state index < -0.39 is 0 Å². The summed E-state index contributed by atoms with van der Waals surface area (Å²) >= 11 is 0. The third kappa shape index (κ3) is 2.14. The van der Waals surface area contributed by atoms with Crippen molar-refractivity contribution in [2.24, 2.45) is 5.84 Å². The van der Waals surface area contributed by atoms with Crippen LogP contribution in [0.25, 0.3) is 0 Å². The van der Waals surface area contributed by atoms with Crippen LogP contribution >= 0.6 is 0 Å². The Bertz CT molecular complexity index is 8.00. The van der Waals surface area contributed by atoms with Gasteiger partial charge in [0.05, 0.1) is 0 Å². The zero-order chi connectivity index (χ0) is 3.41. The van der Waals surface area contributed by atoms with Gasteiger partial charge in [-0.1, -0.05) is 6.55 Å². The van der Waals surface area contributed by atoms with Crippen molar-refractivity contribution in [1.29, 1.82) is 0 Å². The van der Waals surface area contributed by atoms with Gasteiger partial charge < -0.3 is 0 Å². The number of hydrazine groups is 1. The first-order valence-electron chi connectivity index (χ1n) is 1.35. The molecule has 0 aromatic rings. The maximum Gasteiger partial charge on any atom is 0.107 e. The zero-order valence-electron chi connectivity index (χ0n) is 2.78. The molecule has 0 aromatic carbocycles. The molecule has 0 saturated carbocycles. The van der Waals surface area contributed by atoms with Crippen LogP contribution in [0.2, 0.25) is 6.55 Å². The van der Waals surface area contributed by atoms with E-state index in [1.807, 2.05) is 0 Å². The van der Waals surface area contributed by atoms with Crippen molar-refractivity contribution < 1.29 is 0 Å². The number of hydrogen-bond acceptors (Lipinski definition) is 2. The first kappa shape index (κ1) is 4.14. The van der Waals surface area contributed by atoms with E-state index in [1.165, 1.54) is 0 Å². The molecule has 0 aliphatic heterocycles. The van der Waals surface area contributed by atoms with Crippen LogP contribution < -0.4 is 10.9 Å². The van der Waals surface area contributed by atoms with E-state index in [4.69, 9.17) is 5.84 Å². The smallest absolute Gasteiger partial charge is 0.107 e. The molecule has 0 rings (SSSR count). The molecule has 4 heavy (non-hydrogen) atoms. The third-order valence-corrected chi connectivity index (χ3v) is 0.612. The van der Waals surface area contributed by atoms with E-state index in [0.29, 0.717) is 0 Å². The van der Waals surface area contributed by atoms with E-state index in [0.717, 1.165) is 0 Å². The molecule has 0 aliphatic rings. The van der Waals surface area contributed by atoms with Crippen LogP contribution in [0.5, 0.6) is 0 Å². The predicted octanol–water partition coefficient (Wildman–Crippen LogP) is -1.42. The van der Waals surface area contributed by atoms with Crippen molar-refractivity contribution >= 4 is 9.68 Å². The molecule has 0 spiro atoms. The fourth-order valence-corrected chi connectivity index (χ4v) is 0. The molecule has 0 unspecified atom stereocenters. The van der Waals surface area contributed by atoms with Gasteiger partial charge in [0.15, 0.2) is 0 Å². The van der Waals surface area contributed by atoms with Crippen LogP contribution in [0.4, 0.5) is 0 Å². The van der Waals surface area contributed by atoms with E-state index >= 15 is 0 Å². The second kappa shape index (κ2) is 3.14. The van der Waals surface area contributed by atoms with Crippen LogP contribution in [0.3, 0.4) is 0 Å². The maximum atomic E-state index is 4.84. The molecule has 3 N–H and O–H groups in total. The van der Waals surface area contributed by atoms with Crippen LogP contribution in [0.1, 0.15) is 0 Å². The fraction of sp³-hybridized carbons (Fsp3) is 1.00. The van der Waals surface area contributed by atoms with E-state index in [9.17, 15) is 0 Å². The van der Waals surface area contributed by atoms with Gasteiger partial charge >= 0.3 is 0 Å². The molecule has 0 bridgehead atoms. The molecular formula is CH8N2Si. The van der Waals surface area contributed by atoms with Crippen molar-refractivity contribution in [3.63, 3.8) is 0 Å². The van der Waals surface area contributed by atoms with Gasteiger partial charge in [0, 0.05) is 0 Å². The van der Waals surface area contributed by atoms with Gasteiger partial charge in [-0.15, -0.1) is 0 Å². The Labute approximate surface area is 28.3 Å². The molecule has 0 aromatic heterocycles. The molecule has 0 aliphatic carbocycles. The lowest BCUT2D eigenvalue weighted by Gasteiger charge is -1.75. The highest BCUT2D eigenvalue weighted by Crippen LogP contribution is 1.25. The highest BCUT2D eigenvalue weighted by atomic mass is 28.2. The Hall–Kier alpha value is 0.137. The Kier molecular flexibility index (Phi) is 3.24. The topological polar surface area (TPSA) is 38.0 Å². The highest BCUT2D eigenvalue weighted by Gasteiger charge is 1.53. The van der Waals surface area contributed by atoms with Crippen molar-refractivity contribution in [3.8, 4) is 0 Å². The summed E-state index contributed by atoms with van der Waals surface area (Å²) in [6.07, 6.45) is 0. The summed E-state index contributed by atoms with van der Waals surface area (Å²) in [5, 5.41) is 2.57. The quantitative estimate of drug-likeness (QED) is 0.228. The Balaban J connectivity index is 1.97.